The molecule has 4 rings (SSSR count). The third kappa shape index (κ3) is 5.25. The lowest BCUT2D eigenvalue weighted by molar-refractivity contribution is -0.158. The molecule has 1 saturated carbocycles. The Kier molecular flexibility index (Phi) is 7.22. The molecule has 0 aromatic heterocycles. The third-order valence-electron chi connectivity index (χ3n) is 6.77. The summed E-state index contributed by atoms with van der Waals surface area (Å²) < 4.78 is 25.6. The zero-order valence-electron chi connectivity index (χ0n) is 20.4. The van der Waals surface area contributed by atoms with E-state index in [9.17, 15) is 9.18 Å². The minimum absolute atomic E-state index is 0.0686. The van der Waals surface area contributed by atoms with Crippen LogP contribution >= 0.6 is 0 Å². The van der Waals surface area contributed by atoms with E-state index in [1.54, 1.807) is 32.9 Å². The molecule has 0 unspecified atom stereocenters. The van der Waals surface area contributed by atoms with Crippen molar-refractivity contribution in [3.63, 3.8) is 0 Å². The number of hydrogen-bond acceptors (Lipinski definition) is 4. The molecule has 3 aromatic carbocycles. The number of rotatable bonds is 8. The van der Waals surface area contributed by atoms with Gasteiger partial charge in [0.25, 0.3) is 0 Å². The first-order chi connectivity index (χ1) is 16.3. The van der Waals surface area contributed by atoms with E-state index >= 15 is 0 Å². The number of carbonyl (C=O) groups is 1. The molecule has 0 spiro atoms. The van der Waals surface area contributed by atoms with Gasteiger partial charge >= 0.3 is 5.97 Å². The Morgan fingerprint density at radius 1 is 1.12 bits per heavy atom. The Labute approximate surface area is 201 Å². The molecule has 0 heterocycles. The van der Waals surface area contributed by atoms with Gasteiger partial charge in [-0.2, -0.15) is 0 Å². The predicted octanol–water partition coefficient (Wildman–Crippen LogP) is 6.69. The number of benzene rings is 3. The fourth-order valence-corrected chi connectivity index (χ4v) is 4.98. The van der Waals surface area contributed by atoms with Crippen LogP contribution < -0.4 is 10.1 Å². The van der Waals surface area contributed by atoms with Gasteiger partial charge in [-0.05, 0) is 86.9 Å². The number of esters is 1. The number of fused-ring (bicyclic) bond motifs is 1. The van der Waals surface area contributed by atoms with Gasteiger partial charge in [-0.15, -0.1) is 0 Å². The maximum atomic E-state index is 14.9. The van der Waals surface area contributed by atoms with Gasteiger partial charge in [0.1, 0.15) is 0 Å². The highest BCUT2D eigenvalue weighted by Crippen LogP contribution is 2.37. The van der Waals surface area contributed by atoms with E-state index in [2.05, 4.69) is 54.7 Å². The Balaban J connectivity index is 1.40. The second-order valence-corrected chi connectivity index (χ2v) is 9.69. The highest BCUT2D eigenvalue weighted by Gasteiger charge is 2.33. The summed E-state index contributed by atoms with van der Waals surface area (Å²) in [6.45, 7) is 7.37. The number of ether oxygens (including phenoxy) is 2. The predicted molar refractivity (Wildman–Crippen MR) is 134 cm³/mol. The fourth-order valence-electron chi connectivity index (χ4n) is 4.98. The molecular weight excluding hydrogens is 429 g/mol. The second-order valence-electron chi connectivity index (χ2n) is 9.69. The van der Waals surface area contributed by atoms with Crippen LogP contribution in [0.5, 0.6) is 5.75 Å². The van der Waals surface area contributed by atoms with Crippen molar-refractivity contribution in [1.29, 1.82) is 0 Å². The van der Waals surface area contributed by atoms with Crippen LogP contribution in [0, 0.1) is 5.82 Å². The van der Waals surface area contributed by atoms with Gasteiger partial charge in [0.15, 0.2) is 17.2 Å². The van der Waals surface area contributed by atoms with E-state index in [4.69, 9.17) is 9.47 Å². The largest absolute Gasteiger partial charge is 0.473 e. The molecule has 0 saturated heterocycles. The van der Waals surface area contributed by atoms with Crippen molar-refractivity contribution in [2.24, 2.45) is 0 Å². The quantitative estimate of drug-likeness (QED) is 0.378. The van der Waals surface area contributed by atoms with Crippen molar-refractivity contribution in [3.05, 3.63) is 77.6 Å². The molecule has 1 aliphatic rings. The third-order valence-corrected chi connectivity index (χ3v) is 6.77. The molecule has 1 N–H and O–H groups in total. The molecule has 0 bridgehead atoms. The molecule has 4 nitrogen and oxygen atoms in total. The van der Waals surface area contributed by atoms with Crippen molar-refractivity contribution in [2.75, 3.05) is 6.61 Å². The average Bonchev–Trinajstić information content (AvgIpc) is 3.28. The first-order valence-electron chi connectivity index (χ1n) is 12.2. The Morgan fingerprint density at radius 3 is 2.65 bits per heavy atom. The molecule has 0 radical (unpaired) electrons. The van der Waals surface area contributed by atoms with E-state index in [0.29, 0.717) is 12.0 Å². The summed E-state index contributed by atoms with van der Waals surface area (Å²) >= 11 is 0. The summed E-state index contributed by atoms with van der Waals surface area (Å²) in [7, 11) is 0. The molecule has 0 aliphatic heterocycles. The summed E-state index contributed by atoms with van der Waals surface area (Å²) in [6, 6.07) is 20.6. The minimum atomic E-state index is -1.25. The molecule has 1 aliphatic carbocycles. The lowest BCUT2D eigenvalue weighted by Gasteiger charge is -2.24. The maximum Gasteiger partial charge on any atom is 0.349 e. The fraction of sp³-hybridized carbons (Fsp3) is 0.414. The minimum Gasteiger partial charge on any atom is -0.473 e. The van der Waals surface area contributed by atoms with E-state index in [1.807, 2.05) is 6.07 Å². The van der Waals surface area contributed by atoms with Gasteiger partial charge < -0.3 is 14.8 Å². The number of halogens is 1. The van der Waals surface area contributed by atoms with Crippen LogP contribution in [0.2, 0.25) is 0 Å². The molecule has 34 heavy (non-hydrogen) atoms. The standard InChI is InChI=1S/C29H34FNO3/c1-5-33-28(32)29(3,4)34-27-16-14-22(18-26(27)30)21-13-15-23(17-21)31-19(2)24-12-8-10-20-9-6-7-11-25(20)24/h6-12,14,16,18-19,21,23,31H,5,13,15,17H2,1-4H3/t19-,21-,23+/m1/s1. The lowest BCUT2D eigenvalue weighted by atomic mass is 9.96. The molecule has 1 fully saturated rings. The molecule has 3 aromatic rings. The van der Waals surface area contributed by atoms with E-state index in [1.165, 1.54) is 16.3 Å². The summed E-state index contributed by atoms with van der Waals surface area (Å²) in [5.74, 6) is -0.600. The summed E-state index contributed by atoms with van der Waals surface area (Å²) in [5.41, 5.74) is 1.03. The highest BCUT2D eigenvalue weighted by atomic mass is 19.1. The Hall–Kier alpha value is -2.92. The molecular formula is C29H34FNO3. The van der Waals surface area contributed by atoms with Crippen molar-refractivity contribution < 1.29 is 18.7 Å². The molecule has 5 heteroatoms. The van der Waals surface area contributed by atoms with Gasteiger partial charge in [-0.25, -0.2) is 9.18 Å². The molecule has 3 atom stereocenters. The molecule has 0 amide bonds. The van der Waals surface area contributed by atoms with Crippen LogP contribution in [0.4, 0.5) is 4.39 Å². The average molecular weight is 464 g/mol. The summed E-state index contributed by atoms with van der Waals surface area (Å²) in [5, 5.41) is 6.33. The van der Waals surface area contributed by atoms with Gasteiger partial charge in [-0.3, -0.25) is 0 Å². The van der Waals surface area contributed by atoms with E-state index < -0.39 is 17.4 Å². The number of nitrogens with one attached hydrogen (secondary N) is 1. The zero-order valence-corrected chi connectivity index (χ0v) is 20.4. The van der Waals surface area contributed by atoms with Gasteiger partial charge in [0, 0.05) is 12.1 Å². The van der Waals surface area contributed by atoms with Crippen LogP contribution in [0.3, 0.4) is 0 Å². The first kappa shape index (κ1) is 24.2. The Morgan fingerprint density at radius 2 is 1.88 bits per heavy atom. The van der Waals surface area contributed by atoms with Crippen molar-refractivity contribution >= 4 is 16.7 Å². The number of hydrogen-bond donors (Lipinski definition) is 1. The Bertz CT molecular complexity index is 1150. The van der Waals surface area contributed by atoms with Crippen molar-refractivity contribution in [1.82, 2.24) is 5.32 Å². The second kappa shape index (κ2) is 10.1. The van der Waals surface area contributed by atoms with Gasteiger partial charge in [0.05, 0.1) is 6.61 Å². The van der Waals surface area contributed by atoms with Crippen LogP contribution in [0.15, 0.2) is 60.7 Å². The van der Waals surface area contributed by atoms with Crippen molar-refractivity contribution in [2.45, 2.75) is 70.6 Å². The highest BCUT2D eigenvalue weighted by molar-refractivity contribution is 5.86. The smallest absolute Gasteiger partial charge is 0.349 e. The lowest BCUT2D eigenvalue weighted by Crippen LogP contribution is -2.40. The SMILES string of the molecule is CCOC(=O)C(C)(C)Oc1ccc([C@@H]2CC[C@H](N[C@H](C)c3cccc4ccccc34)C2)cc1F. The van der Waals surface area contributed by atoms with Gasteiger partial charge in [0.2, 0.25) is 0 Å². The van der Waals surface area contributed by atoms with E-state index in [-0.39, 0.29) is 18.4 Å². The monoisotopic (exact) mass is 463 g/mol. The topological polar surface area (TPSA) is 47.6 Å². The zero-order chi connectivity index (χ0) is 24.3. The van der Waals surface area contributed by atoms with Crippen LogP contribution in [-0.2, 0) is 9.53 Å². The summed E-state index contributed by atoms with van der Waals surface area (Å²) in [4.78, 5) is 12.1. The normalized spacial score (nSPS) is 19.2. The number of carbonyl (C=O) groups excluding carboxylic acids is 1. The van der Waals surface area contributed by atoms with Crippen molar-refractivity contribution in [3.8, 4) is 5.75 Å². The van der Waals surface area contributed by atoms with Gasteiger partial charge in [-0.1, -0.05) is 48.5 Å². The first-order valence-corrected chi connectivity index (χ1v) is 12.2. The van der Waals surface area contributed by atoms with Crippen LogP contribution in [-0.4, -0.2) is 24.2 Å². The van der Waals surface area contributed by atoms with Crippen LogP contribution in [0.25, 0.3) is 10.8 Å². The summed E-state index contributed by atoms with van der Waals surface area (Å²) in [6.07, 6.45) is 3.02. The van der Waals surface area contributed by atoms with E-state index in [0.717, 1.165) is 24.8 Å². The van der Waals surface area contributed by atoms with Crippen LogP contribution in [0.1, 0.15) is 70.0 Å². The maximum absolute atomic E-state index is 14.9. The molecule has 180 valence electrons.